The van der Waals surface area contributed by atoms with Gasteiger partial charge in [0.15, 0.2) is 0 Å². The van der Waals surface area contributed by atoms with Crippen molar-refractivity contribution in [2.45, 2.75) is 5.41 Å². The summed E-state index contributed by atoms with van der Waals surface area (Å²) in [7, 11) is 0. The van der Waals surface area contributed by atoms with Crippen molar-refractivity contribution < 1.29 is 0 Å². The van der Waals surface area contributed by atoms with Crippen molar-refractivity contribution >= 4 is 55.9 Å². The van der Waals surface area contributed by atoms with E-state index in [2.05, 4.69) is 287 Å². The standard InChI is InChI=1S/C67H45N3/c1-5-21-46(22-6-1)47-23-19-30-51(43-47)68(48-24-7-2-8-25-48)52-40-42-62-59(44-52)55-32-14-17-36-61(55)67(62)60-35-16-13-31-54(60)58-34-20-38-64(66(58)67)69(49-26-9-3-10-27-49)53-39-41-57-56-33-15-18-37-63(56)70(65(57)45-53)50-28-11-4-12-29-50/h1-45H. The van der Waals surface area contributed by atoms with Gasteiger partial charge in [0.05, 0.1) is 22.1 Å². The molecule has 1 atom stereocenters. The lowest BCUT2D eigenvalue weighted by atomic mass is 9.70. The monoisotopic (exact) mass is 891 g/mol. The third kappa shape index (κ3) is 5.95. The van der Waals surface area contributed by atoms with Crippen LogP contribution in [0.25, 0.3) is 60.9 Å². The van der Waals surface area contributed by atoms with Gasteiger partial charge in [-0.3, -0.25) is 0 Å². The van der Waals surface area contributed by atoms with E-state index in [0.717, 1.165) is 45.3 Å². The highest BCUT2D eigenvalue weighted by molar-refractivity contribution is 6.11. The van der Waals surface area contributed by atoms with Crippen LogP contribution in [0.1, 0.15) is 22.3 Å². The van der Waals surface area contributed by atoms with Gasteiger partial charge in [0, 0.05) is 50.5 Å². The van der Waals surface area contributed by atoms with Gasteiger partial charge in [0.25, 0.3) is 0 Å². The van der Waals surface area contributed by atoms with Crippen LogP contribution in [0.2, 0.25) is 0 Å². The zero-order valence-corrected chi connectivity index (χ0v) is 38.3. The average molecular weight is 892 g/mol. The Balaban J connectivity index is 1.01. The molecular formula is C67H45N3. The Hall–Kier alpha value is -9.18. The average Bonchev–Trinajstić information content (AvgIpc) is 4.04. The van der Waals surface area contributed by atoms with Crippen LogP contribution in [0.3, 0.4) is 0 Å². The molecule has 0 amide bonds. The number of aromatic nitrogens is 1. The number of nitrogens with zero attached hydrogens (tertiary/aromatic N) is 3. The summed E-state index contributed by atoms with van der Waals surface area (Å²) in [6, 6.07) is 100. The van der Waals surface area contributed by atoms with E-state index in [4.69, 9.17) is 0 Å². The predicted octanol–water partition coefficient (Wildman–Crippen LogP) is 17.7. The molecule has 0 saturated carbocycles. The lowest BCUT2D eigenvalue weighted by Crippen LogP contribution is -2.28. The Morgan fingerprint density at radius 2 is 0.786 bits per heavy atom. The van der Waals surface area contributed by atoms with Crippen LogP contribution in [0.4, 0.5) is 34.1 Å². The zero-order valence-electron chi connectivity index (χ0n) is 38.3. The lowest BCUT2D eigenvalue weighted by Gasteiger charge is -2.36. The first kappa shape index (κ1) is 39.9. The minimum Gasteiger partial charge on any atom is -0.310 e. The second kappa shape index (κ2) is 16.0. The smallest absolute Gasteiger partial charge is 0.0746 e. The van der Waals surface area contributed by atoms with Gasteiger partial charge in [0.2, 0.25) is 0 Å². The molecule has 11 aromatic carbocycles. The van der Waals surface area contributed by atoms with Gasteiger partial charge in [-0.05, 0) is 135 Å². The quantitative estimate of drug-likeness (QED) is 0.151. The summed E-state index contributed by atoms with van der Waals surface area (Å²) >= 11 is 0. The minimum absolute atomic E-state index is 0.617. The van der Waals surface area contributed by atoms with Crippen LogP contribution >= 0.6 is 0 Å². The van der Waals surface area contributed by atoms with Gasteiger partial charge in [-0.1, -0.05) is 188 Å². The fourth-order valence-corrected chi connectivity index (χ4v) is 11.9. The predicted molar refractivity (Wildman–Crippen MR) is 292 cm³/mol. The molecule has 0 aliphatic heterocycles. The van der Waals surface area contributed by atoms with E-state index in [1.807, 2.05) is 0 Å². The Kier molecular flexibility index (Phi) is 9.11. The van der Waals surface area contributed by atoms with Crippen molar-refractivity contribution in [3.8, 4) is 39.1 Å². The summed E-state index contributed by atoms with van der Waals surface area (Å²) in [6.45, 7) is 0. The Morgan fingerprint density at radius 3 is 1.53 bits per heavy atom. The third-order valence-electron chi connectivity index (χ3n) is 14.7. The topological polar surface area (TPSA) is 11.4 Å². The van der Waals surface area contributed by atoms with Crippen LogP contribution < -0.4 is 9.80 Å². The summed E-state index contributed by atoms with van der Waals surface area (Å²) in [5.74, 6) is 0. The molecule has 2 aliphatic carbocycles. The molecule has 3 nitrogen and oxygen atoms in total. The highest BCUT2D eigenvalue weighted by Crippen LogP contribution is 2.66. The molecule has 2 aliphatic rings. The zero-order chi connectivity index (χ0) is 46.2. The third-order valence-corrected chi connectivity index (χ3v) is 14.7. The van der Waals surface area contributed by atoms with E-state index in [-0.39, 0.29) is 0 Å². The summed E-state index contributed by atoms with van der Waals surface area (Å²) in [4.78, 5) is 4.91. The van der Waals surface area contributed by atoms with E-state index in [9.17, 15) is 0 Å². The van der Waals surface area contributed by atoms with Gasteiger partial charge < -0.3 is 14.4 Å². The van der Waals surface area contributed by atoms with E-state index in [1.165, 1.54) is 71.9 Å². The Morgan fingerprint density at radius 1 is 0.286 bits per heavy atom. The highest BCUT2D eigenvalue weighted by Gasteiger charge is 2.53. The molecular weight excluding hydrogens is 847 g/mol. The maximum atomic E-state index is 2.50. The van der Waals surface area contributed by atoms with E-state index < -0.39 is 5.41 Å². The van der Waals surface area contributed by atoms with E-state index in [1.54, 1.807) is 0 Å². The van der Waals surface area contributed by atoms with Crippen LogP contribution in [-0.2, 0) is 5.41 Å². The van der Waals surface area contributed by atoms with Crippen molar-refractivity contribution in [1.29, 1.82) is 0 Å². The summed E-state index contributed by atoms with van der Waals surface area (Å²) in [6.07, 6.45) is 0. The molecule has 14 rings (SSSR count). The van der Waals surface area contributed by atoms with Gasteiger partial charge in [-0.15, -0.1) is 0 Å². The normalized spacial score (nSPS) is 14.1. The Labute approximate surface area is 408 Å². The summed E-state index contributed by atoms with van der Waals surface area (Å²) < 4.78 is 2.42. The van der Waals surface area contributed by atoms with Gasteiger partial charge in [-0.2, -0.15) is 0 Å². The number of rotatable bonds is 8. The van der Waals surface area contributed by atoms with Gasteiger partial charge >= 0.3 is 0 Å². The molecule has 70 heavy (non-hydrogen) atoms. The number of para-hydroxylation sites is 4. The molecule has 0 saturated heterocycles. The first-order chi connectivity index (χ1) is 34.8. The minimum atomic E-state index is -0.617. The van der Waals surface area contributed by atoms with Gasteiger partial charge in [0.1, 0.15) is 0 Å². The molecule has 12 aromatic rings. The molecule has 1 unspecified atom stereocenters. The van der Waals surface area contributed by atoms with Crippen molar-refractivity contribution in [1.82, 2.24) is 4.57 Å². The largest absolute Gasteiger partial charge is 0.310 e. The van der Waals surface area contributed by atoms with E-state index >= 15 is 0 Å². The molecule has 0 radical (unpaired) electrons. The first-order valence-electron chi connectivity index (χ1n) is 24.2. The maximum absolute atomic E-state index is 2.50. The number of hydrogen-bond acceptors (Lipinski definition) is 2. The molecule has 0 bridgehead atoms. The van der Waals surface area contributed by atoms with Crippen molar-refractivity contribution in [3.05, 3.63) is 295 Å². The maximum Gasteiger partial charge on any atom is 0.0746 e. The molecule has 0 N–H and O–H groups in total. The SMILES string of the molecule is c1ccc(-c2cccc(N(c3ccccc3)c3ccc4c(c3)-c3ccccc3C43c4ccccc4-c4cccc(N(c5ccccc5)c5ccc6c7ccccc7n(-c7ccccc7)c6c5)c43)c2)cc1. The van der Waals surface area contributed by atoms with Crippen LogP contribution in [0.5, 0.6) is 0 Å². The van der Waals surface area contributed by atoms with Crippen molar-refractivity contribution in [3.63, 3.8) is 0 Å². The fourth-order valence-electron chi connectivity index (χ4n) is 11.9. The molecule has 328 valence electrons. The van der Waals surface area contributed by atoms with Crippen molar-refractivity contribution in [2.75, 3.05) is 9.80 Å². The molecule has 0 fully saturated rings. The van der Waals surface area contributed by atoms with Gasteiger partial charge in [-0.25, -0.2) is 0 Å². The number of anilines is 6. The number of hydrogen-bond donors (Lipinski definition) is 0. The molecule has 1 heterocycles. The molecule has 1 spiro atoms. The second-order valence-electron chi connectivity index (χ2n) is 18.4. The van der Waals surface area contributed by atoms with E-state index in [0.29, 0.717) is 0 Å². The first-order valence-corrected chi connectivity index (χ1v) is 24.2. The van der Waals surface area contributed by atoms with Crippen LogP contribution in [0.15, 0.2) is 273 Å². The van der Waals surface area contributed by atoms with Crippen molar-refractivity contribution in [2.24, 2.45) is 0 Å². The molecule has 3 heteroatoms. The number of fused-ring (bicyclic) bond motifs is 13. The molecule has 1 aromatic heterocycles. The highest BCUT2D eigenvalue weighted by atomic mass is 15.2. The van der Waals surface area contributed by atoms with Crippen LogP contribution in [0, 0.1) is 0 Å². The lowest BCUT2D eigenvalue weighted by molar-refractivity contribution is 0.793. The summed E-state index contributed by atoms with van der Waals surface area (Å²) in [5.41, 5.74) is 22.1. The Bertz CT molecular complexity index is 3950. The fraction of sp³-hybridized carbons (Fsp3) is 0.0149. The summed E-state index contributed by atoms with van der Waals surface area (Å²) in [5, 5.41) is 2.46. The second-order valence-corrected chi connectivity index (χ2v) is 18.4. The van der Waals surface area contributed by atoms with Crippen LogP contribution in [-0.4, -0.2) is 4.57 Å². The number of benzene rings is 11.